The molecule has 0 amide bonds. The van der Waals surface area contributed by atoms with Crippen LogP contribution < -0.4 is 0 Å². The molecule has 1 heterocycles. The van der Waals surface area contributed by atoms with Crippen molar-refractivity contribution >= 4 is 27.4 Å². The number of carbonyl (C=O) groups is 1. The van der Waals surface area contributed by atoms with Crippen LogP contribution in [0.25, 0.3) is 0 Å². The Hall–Kier alpha value is -1.03. The van der Waals surface area contributed by atoms with Crippen LogP contribution in [0.3, 0.4) is 0 Å². The van der Waals surface area contributed by atoms with Gasteiger partial charge in [-0.1, -0.05) is 0 Å². The first-order valence-corrected chi connectivity index (χ1v) is 4.51. The molecule has 1 unspecified atom stereocenters. The summed E-state index contributed by atoms with van der Waals surface area (Å²) in [6, 6.07) is 0. The highest BCUT2D eigenvalue weighted by atomic mass is 79.9. The molecule has 0 saturated heterocycles. The fourth-order valence-electron chi connectivity index (χ4n) is 1.25. The summed E-state index contributed by atoms with van der Waals surface area (Å²) in [5.41, 5.74) is 0.592. The van der Waals surface area contributed by atoms with Crippen molar-refractivity contribution in [2.75, 3.05) is 0 Å². The topological polar surface area (TPSA) is 29.4 Å². The number of halogens is 2. The molecule has 4 heteroatoms. The molecule has 0 aromatic rings. The summed E-state index contributed by atoms with van der Waals surface area (Å²) < 4.78 is 13.2. The molecule has 0 fully saturated rings. The number of allylic oxidation sites excluding steroid dienone is 5. The van der Waals surface area contributed by atoms with Gasteiger partial charge in [0.1, 0.15) is 5.83 Å². The van der Waals surface area contributed by atoms with E-state index in [1.165, 1.54) is 24.4 Å². The minimum absolute atomic E-state index is 0.149. The van der Waals surface area contributed by atoms with E-state index >= 15 is 0 Å². The summed E-state index contributed by atoms with van der Waals surface area (Å²) >= 11 is 3.06. The predicted octanol–water partition coefficient (Wildman–Crippen LogP) is 2.29. The van der Waals surface area contributed by atoms with Gasteiger partial charge < -0.3 is 0 Å². The van der Waals surface area contributed by atoms with Crippen molar-refractivity contribution in [3.05, 3.63) is 34.7 Å². The van der Waals surface area contributed by atoms with Gasteiger partial charge in [-0.3, -0.25) is 9.79 Å². The van der Waals surface area contributed by atoms with E-state index in [2.05, 4.69) is 20.9 Å². The van der Waals surface area contributed by atoms with E-state index in [1.807, 2.05) is 0 Å². The molecular formula is C9H5BrFNO. The molecule has 0 radical (unpaired) electrons. The maximum absolute atomic E-state index is 12.8. The molecule has 2 nitrogen and oxygen atoms in total. The third kappa shape index (κ3) is 1.42. The fourth-order valence-corrected chi connectivity index (χ4v) is 1.59. The Morgan fingerprint density at radius 1 is 1.46 bits per heavy atom. The number of Topliss-reactive ketones (excluding diaryl/α,β-unsaturated/α-hetero) is 1. The van der Waals surface area contributed by atoms with Crippen molar-refractivity contribution in [1.82, 2.24) is 0 Å². The van der Waals surface area contributed by atoms with E-state index in [4.69, 9.17) is 0 Å². The van der Waals surface area contributed by atoms with Crippen molar-refractivity contribution in [2.24, 2.45) is 10.9 Å². The fraction of sp³-hybridized carbons (Fsp3) is 0.111. The van der Waals surface area contributed by atoms with Gasteiger partial charge in [0.05, 0.1) is 16.1 Å². The Bertz CT molecular complexity index is 392. The molecule has 1 aliphatic carbocycles. The standard InChI is InChI=1S/C9H5BrFNO/c10-7-4-12-8-2-1-5(11)3-6(8)9(7)13/h1-4,6H. The van der Waals surface area contributed by atoms with Gasteiger partial charge in [0.2, 0.25) is 0 Å². The minimum Gasteiger partial charge on any atom is -0.292 e. The van der Waals surface area contributed by atoms with Crippen molar-refractivity contribution in [3.8, 4) is 0 Å². The average molecular weight is 242 g/mol. The molecule has 1 atom stereocenters. The lowest BCUT2D eigenvalue weighted by Crippen LogP contribution is -2.25. The summed E-state index contributed by atoms with van der Waals surface area (Å²) in [7, 11) is 0. The van der Waals surface area contributed by atoms with Crippen molar-refractivity contribution < 1.29 is 9.18 Å². The second-order valence-corrected chi connectivity index (χ2v) is 3.61. The first kappa shape index (κ1) is 8.56. The Labute approximate surface area is 82.7 Å². The van der Waals surface area contributed by atoms with Gasteiger partial charge in [-0.15, -0.1) is 0 Å². The molecule has 0 aromatic carbocycles. The normalized spacial score (nSPS) is 26.2. The first-order valence-electron chi connectivity index (χ1n) is 3.71. The number of fused-ring (bicyclic) bond motifs is 1. The van der Waals surface area contributed by atoms with Gasteiger partial charge in [0, 0.05) is 6.20 Å². The summed E-state index contributed by atoms with van der Waals surface area (Å²) in [5.74, 6) is -1.09. The third-order valence-electron chi connectivity index (χ3n) is 1.90. The van der Waals surface area contributed by atoms with Crippen LogP contribution in [-0.4, -0.2) is 11.5 Å². The molecule has 0 bridgehead atoms. The lowest BCUT2D eigenvalue weighted by molar-refractivity contribution is -0.115. The average Bonchev–Trinajstić information content (AvgIpc) is 2.12. The van der Waals surface area contributed by atoms with Crippen molar-refractivity contribution in [1.29, 1.82) is 0 Å². The lowest BCUT2D eigenvalue weighted by Gasteiger charge is -2.17. The Balaban J connectivity index is 2.45. The van der Waals surface area contributed by atoms with Gasteiger partial charge in [-0.2, -0.15) is 0 Å². The maximum atomic E-state index is 12.8. The predicted molar refractivity (Wildman–Crippen MR) is 51.3 cm³/mol. The second-order valence-electron chi connectivity index (χ2n) is 2.76. The highest BCUT2D eigenvalue weighted by Gasteiger charge is 2.28. The Morgan fingerprint density at radius 3 is 3.00 bits per heavy atom. The monoisotopic (exact) mass is 241 g/mol. The van der Waals surface area contributed by atoms with E-state index in [1.54, 1.807) is 0 Å². The number of hydrogen-bond acceptors (Lipinski definition) is 2. The van der Waals surface area contributed by atoms with Crippen LogP contribution in [0.5, 0.6) is 0 Å². The van der Waals surface area contributed by atoms with Crippen LogP contribution in [-0.2, 0) is 4.79 Å². The smallest absolute Gasteiger partial charge is 0.184 e. The van der Waals surface area contributed by atoms with Crippen LogP contribution in [0.15, 0.2) is 39.7 Å². The quantitative estimate of drug-likeness (QED) is 0.640. The zero-order chi connectivity index (χ0) is 9.42. The van der Waals surface area contributed by atoms with Crippen LogP contribution in [0.1, 0.15) is 0 Å². The zero-order valence-electron chi connectivity index (χ0n) is 6.50. The molecule has 2 aliphatic rings. The van der Waals surface area contributed by atoms with Gasteiger partial charge in [0.15, 0.2) is 5.78 Å². The van der Waals surface area contributed by atoms with E-state index in [9.17, 15) is 9.18 Å². The molecule has 0 N–H and O–H groups in total. The molecule has 0 spiro atoms. The third-order valence-corrected chi connectivity index (χ3v) is 2.50. The number of ketones is 1. The minimum atomic E-state index is -0.552. The highest BCUT2D eigenvalue weighted by molar-refractivity contribution is 9.12. The van der Waals surface area contributed by atoms with Crippen LogP contribution in [0.2, 0.25) is 0 Å². The maximum Gasteiger partial charge on any atom is 0.184 e. The van der Waals surface area contributed by atoms with Gasteiger partial charge >= 0.3 is 0 Å². The van der Waals surface area contributed by atoms with E-state index in [0.29, 0.717) is 10.2 Å². The van der Waals surface area contributed by atoms with Crippen LogP contribution in [0, 0.1) is 5.92 Å². The summed E-state index contributed by atoms with van der Waals surface area (Å²) in [6.07, 6.45) is 5.54. The molecule has 66 valence electrons. The molecule has 13 heavy (non-hydrogen) atoms. The van der Waals surface area contributed by atoms with Crippen molar-refractivity contribution in [2.45, 2.75) is 0 Å². The first-order chi connectivity index (χ1) is 6.18. The highest BCUT2D eigenvalue weighted by Crippen LogP contribution is 2.25. The largest absolute Gasteiger partial charge is 0.292 e. The lowest BCUT2D eigenvalue weighted by atomic mass is 9.92. The number of aliphatic imine (C=N–C) groups is 1. The number of nitrogens with zero attached hydrogens (tertiary/aromatic N) is 1. The summed E-state index contributed by atoms with van der Waals surface area (Å²) in [4.78, 5) is 15.5. The molecular weight excluding hydrogens is 237 g/mol. The Morgan fingerprint density at radius 2 is 2.23 bits per heavy atom. The zero-order valence-corrected chi connectivity index (χ0v) is 8.08. The second kappa shape index (κ2) is 3.03. The Kier molecular flexibility index (Phi) is 2.00. The molecule has 0 saturated carbocycles. The van der Waals surface area contributed by atoms with Crippen molar-refractivity contribution in [3.63, 3.8) is 0 Å². The van der Waals surface area contributed by atoms with Gasteiger partial charge in [-0.25, -0.2) is 4.39 Å². The van der Waals surface area contributed by atoms with Crippen LogP contribution >= 0.6 is 15.9 Å². The molecule has 2 rings (SSSR count). The van der Waals surface area contributed by atoms with E-state index in [-0.39, 0.29) is 11.6 Å². The van der Waals surface area contributed by atoms with Crippen LogP contribution in [0.4, 0.5) is 4.39 Å². The number of rotatable bonds is 0. The van der Waals surface area contributed by atoms with E-state index < -0.39 is 5.92 Å². The number of hydrogen-bond donors (Lipinski definition) is 0. The molecule has 1 aliphatic heterocycles. The molecule has 0 aromatic heterocycles. The van der Waals surface area contributed by atoms with Gasteiger partial charge in [0.25, 0.3) is 0 Å². The number of carbonyl (C=O) groups excluding carboxylic acids is 1. The summed E-state index contributed by atoms with van der Waals surface area (Å²) in [6.45, 7) is 0. The SMILES string of the molecule is O=C1C(Br)=CN=C2C=CC(F)=CC12. The van der Waals surface area contributed by atoms with E-state index in [0.717, 1.165) is 0 Å². The van der Waals surface area contributed by atoms with Gasteiger partial charge in [-0.05, 0) is 34.2 Å². The summed E-state index contributed by atoms with van der Waals surface area (Å²) in [5, 5.41) is 0.